The summed E-state index contributed by atoms with van der Waals surface area (Å²) in [4.78, 5) is 183. The second-order valence-corrected chi connectivity index (χ2v) is 20.0. The summed E-state index contributed by atoms with van der Waals surface area (Å²) >= 11 is 0. The molecule has 4 atom stereocenters. The van der Waals surface area contributed by atoms with Crippen LogP contribution < -0.4 is 38.1 Å². The molecule has 5 amide bonds. The summed E-state index contributed by atoms with van der Waals surface area (Å²) in [5.41, 5.74) is 11.4. The van der Waals surface area contributed by atoms with Gasteiger partial charge in [0.15, 0.2) is 0 Å². The largest absolute Gasteiger partial charge is 0.480 e. The van der Waals surface area contributed by atoms with E-state index in [4.69, 9.17) is 11.5 Å². The maximum Gasteiger partial charge on any atom is 0.342 e. The summed E-state index contributed by atoms with van der Waals surface area (Å²) in [5.74, 6) is -16.9. The molecule has 462 valence electrons. The molecule has 4 unspecified atom stereocenters. The fourth-order valence-corrected chi connectivity index (χ4v) is 8.74. The molecule has 0 rings (SSSR count). The molecular formula is C43H76N13O24P. The van der Waals surface area contributed by atoms with E-state index in [0.29, 0.717) is 0 Å². The first-order valence-electron chi connectivity index (χ1n) is 24.7. The minimum atomic E-state index is -5.26. The van der Waals surface area contributed by atoms with E-state index in [-0.39, 0.29) is 45.6 Å². The first-order chi connectivity index (χ1) is 37.7. The number of carboxylic acid groups (broad SMARTS) is 8. The van der Waals surface area contributed by atoms with Gasteiger partial charge in [-0.25, -0.2) is 0 Å². The minimum Gasteiger partial charge on any atom is -0.480 e. The van der Waals surface area contributed by atoms with Gasteiger partial charge in [0.2, 0.25) is 29.5 Å². The Bertz CT molecular complexity index is 2050. The van der Waals surface area contributed by atoms with Crippen LogP contribution >= 0.6 is 7.60 Å². The van der Waals surface area contributed by atoms with Crippen LogP contribution in [0.1, 0.15) is 39.0 Å². The van der Waals surface area contributed by atoms with E-state index < -0.39 is 226 Å². The summed E-state index contributed by atoms with van der Waals surface area (Å²) in [6.45, 7) is -7.74. The number of nitrogens with one attached hydrogen (secondary N) is 5. The Morgan fingerprint density at radius 1 is 0.444 bits per heavy atom. The number of rotatable bonds is 48. The summed E-state index contributed by atoms with van der Waals surface area (Å²) < 4.78 is 12.9. The van der Waals surface area contributed by atoms with Crippen molar-refractivity contribution in [3.63, 3.8) is 0 Å². The lowest BCUT2D eigenvalue weighted by atomic mass is 10.1. The highest BCUT2D eigenvalue weighted by molar-refractivity contribution is 7.52. The van der Waals surface area contributed by atoms with Gasteiger partial charge in [-0.3, -0.25) is 96.3 Å². The van der Waals surface area contributed by atoms with Crippen LogP contribution in [0.5, 0.6) is 0 Å². The second-order valence-electron chi connectivity index (χ2n) is 18.2. The SMILES string of the molecule is CC(CCC(=O)NCC(N)C(=O)NCCC(=O)NC(CNC(=O)CCC(N(CCN(CC(=O)O)CC(=O)O)CCN(CC(=O)O)CC(=O)O)P(=O)(O)O)C(=O)NCN)N(CCN(CC(=O)O)CC(=O)O)CCN(CC(=O)O)CC(=O)O. The Morgan fingerprint density at radius 2 is 0.790 bits per heavy atom. The first-order valence-corrected chi connectivity index (χ1v) is 26.4. The number of carbonyl (C=O) groups excluding carboxylic acids is 5. The van der Waals surface area contributed by atoms with Gasteiger partial charge in [0.05, 0.1) is 59.0 Å². The number of carbonyl (C=O) groups is 13. The van der Waals surface area contributed by atoms with Crippen molar-refractivity contribution in [3.05, 3.63) is 0 Å². The Morgan fingerprint density at radius 3 is 1.14 bits per heavy atom. The molecule has 0 aliphatic heterocycles. The lowest BCUT2D eigenvalue weighted by molar-refractivity contribution is -0.144. The van der Waals surface area contributed by atoms with Crippen molar-refractivity contribution in [2.75, 3.05) is 131 Å². The summed E-state index contributed by atoms with van der Waals surface area (Å²) in [6.07, 6.45) is -1.85. The first kappa shape index (κ1) is 73.9. The normalized spacial score (nSPS) is 13.1. The van der Waals surface area contributed by atoms with Crippen LogP contribution in [0.4, 0.5) is 0 Å². The predicted octanol–water partition coefficient (Wildman–Crippen LogP) is -8.49. The molecule has 0 aliphatic rings. The Balaban J connectivity index is 5.71. The topological polar surface area (TPSA) is 573 Å². The maximum absolute atomic E-state index is 13.1. The Hall–Kier alpha value is -7.06. The fraction of sp³-hybridized carbons (Fsp3) is 0.698. The highest BCUT2D eigenvalue weighted by Crippen LogP contribution is 2.45. The summed E-state index contributed by atoms with van der Waals surface area (Å²) in [7, 11) is -5.26. The molecule has 0 aromatic heterocycles. The number of carboxylic acids is 8. The van der Waals surface area contributed by atoms with E-state index in [1.54, 1.807) is 11.8 Å². The number of aliphatic carboxylic acids is 8. The Labute approximate surface area is 463 Å². The van der Waals surface area contributed by atoms with Gasteiger partial charge < -0.3 is 88.7 Å². The van der Waals surface area contributed by atoms with Crippen molar-refractivity contribution in [2.45, 2.75) is 62.9 Å². The van der Waals surface area contributed by atoms with E-state index in [2.05, 4.69) is 26.6 Å². The molecular weight excluding hydrogens is 1110 g/mol. The van der Waals surface area contributed by atoms with Gasteiger partial charge in [0.1, 0.15) is 17.9 Å². The summed E-state index contributed by atoms with van der Waals surface area (Å²) in [6, 6.07) is -3.36. The van der Waals surface area contributed by atoms with Crippen molar-refractivity contribution in [3.8, 4) is 0 Å². The number of nitrogens with two attached hydrogens (primary N) is 2. The minimum absolute atomic E-state index is 0.0353. The number of nitrogens with zero attached hydrogens (tertiary/aromatic N) is 6. The standard InChI is InChI=1S/C43H76N13O24P/c1-27(55(12-8-51(18-34(60)61)19-35(62)63)13-9-52(20-36(64)65)21-37(66)67)2-3-30(57)47-16-28(45)42(76)46-7-6-32(59)50-29(43(77)49-26-44)17-48-31(58)4-5-33(81(78,79)80)56(14-10-53(22-38(68)69)23-39(70)71)15-11-54(24-40(72)73)25-41(74)75/h27-29,33H,2-26,44-45H2,1H3,(H,46,76)(H,47,57)(H,48,58)(H,49,77)(H,50,59)(H,60,61)(H,62,63)(H,64,65)(H,66,67)(H,68,69)(H,70,71)(H,72,73)(H,74,75)(H2,78,79,80). The zero-order valence-corrected chi connectivity index (χ0v) is 45.4. The van der Waals surface area contributed by atoms with Crippen LogP contribution in [0.3, 0.4) is 0 Å². The number of amides is 5. The molecule has 0 aromatic carbocycles. The van der Waals surface area contributed by atoms with Crippen molar-refractivity contribution < 1.29 is 118 Å². The van der Waals surface area contributed by atoms with E-state index in [0.717, 1.165) is 24.5 Å². The molecule has 0 fully saturated rings. The molecule has 19 N–H and O–H groups in total. The van der Waals surface area contributed by atoms with Crippen molar-refractivity contribution in [2.24, 2.45) is 11.5 Å². The quantitative estimate of drug-likeness (QED) is 0.0199. The van der Waals surface area contributed by atoms with E-state index >= 15 is 0 Å². The van der Waals surface area contributed by atoms with Crippen molar-refractivity contribution in [1.82, 2.24) is 56.0 Å². The van der Waals surface area contributed by atoms with Crippen LogP contribution in [0.2, 0.25) is 0 Å². The van der Waals surface area contributed by atoms with E-state index in [9.17, 15) is 118 Å². The van der Waals surface area contributed by atoms with Gasteiger partial charge in [-0.2, -0.15) is 0 Å². The average Bonchev–Trinajstić information content (AvgIpc) is 3.32. The van der Waals surface area contributed by atoms with Crippen LogP contribution in [-0.4, -0.2) is 312 Å². The monoisotopic (exact) mass is 1190 g/mol. The molecule has 37 nitrogen and oxygen atoms in total. The van der Waals surface area contributed by atoms with Crippen molar-refractivity contribution in [1.29, 1.82) is 0 Å². The maximum atomic E-state index is 13.1. The molecule has 0 aromatic rings. The zero-order valence-electron chi connectivity index (χ0n) is 44.5. The van der Waals surface area contributed by atoms with E-state index in [1.807, 2.05) is 0 Å². The van der Waals surface area contributed by atoms with Crippen LogP contribution in [0, 0.1) is 0 Å². The lowest BCUT2D eigenvalue weighted by Crippen LogP contribution is -2.54. The van der Waals surface area contributed by atoms with Gasteiger partial charge in [-0.15, -0.1) is 0 Å². The second kappa shape index (κ2) is 39.4. The number of hydrogen-bond donors (Lipinski definition) is 17. The van der Waals surface area contributed by atoms with Gasteiger partial charge in [0, 0.05) is 97.3 Å². The molecule has 81 heavy (non-hydrogen) atoms. The van der Waals surface area contributed by atoms with Crippen molar-refractivity contribution >= 4 is 84.9 Å². The van der Waals surface area contributed by atoms with Crippen LogP contribution in [0.25, 0.3) is 0 Å². The molecule has 0 heterocycles. The van der Waals surface area contributed by atoms with Gasteiger partial charge in [0.25, 0.3) is 0 Å². The molecule has 0 saturated heterocycles. The molecule has 0 bridgehead atoms. The van der Waals surface area contributed by atoms with Crippen LogP contribution in [0.15, 0.2) is 0 Å². The molecule has 0 saturated carbocycles. The third-order valence-corrected chi connectivity index (χ3v) is 12.8. The average molecular weight is 1190 g/mol. The third kappa shape index (κ3) is 36.8. The highest BCUT2D eigenvalue weighted by atomic mass is 31.2. The smallest absolute Gasteiger partial charge is 0.342 e. The van der Waals surface area contributed by atoms with Gasteiger partial charge in [-0.05, 0) is 19.8 Å². The zero-order chi connectivity index (χ0) is 62.0. The molecule has 38 heteroatoms. The molecule has 0 aliphatic carbocycles. The highest BCUT2D eigenvalue weighted by Gasteiger charge is 2.36. The lowest BCUT2D eigenvalue weighted by Gasteiger charge is -2.34. The van der Waals surface area contributed by atoms with Gasteiger partial charge >= 0.3 is 55.4 Å². The van der Waals surface area contributed by atoms with Crippen LogP contribution in [-0.2, 0) is 66.9 Å². The Kier molecular flexibility index (Phi) is 35.9. The van der Waals surface area contributed by atoms with Gasteiger partial charge in [-0.1, -0.05) is 0 Å². The van der Waals surface area contributed by atoms with E-state index in [1.165, 1.54) is 0 Å². The predicted molar refractivity (Wildman–Crippen MR) is 275 cm³/mol. The molecule has 0 spiro atoms. The fourth-order valence-electron chi connectivity index (χ4n) is 7.61. The molecule has 0 radical (unpaired) electrons. The summed E-state index contributed by atoms with van der Waals surface area (Å²) in [5, 5.41) is 85.8. The third-order valence-electron chi connectivity index (χ3n) is 11.5. The number of hydrogen-bond acceptors (Lipinski definition) is 22.